The van der Waals surface area contributed by atoms with Crippen molar-refractivity contribution in [2.45, 2.75) is 44.6 Å². The molecule has 0 N–H and O–H groups in total. The molecule has 1 unspecified atom stereocenters. The van der Waals surface area contributed by atoms with Crippen LogP contribution in [0.15, 0.2) is 24.3 Å². The number of hydrogen-bond donors (Lipinski definition) is 0. The highest BCUT2D eigenvalue weighted by Gasteiger charge is 2.31. The van der Waals surface area contributed by atoms with Gasteiger partial charge in [0.2, 0.25) is 5.91 Å². The molecule has 1 aromatic carbocycles. The highest BCUT2D eigenvalue weighted by atomic mass is 19.1. The first-order valence-electron chi connectivity index (χ1n) is 7.90. The molecule has 1 saturated carbocycles. The van der Waals surface area contributed by atoms with Gasteiger partial charge < -0.3 is 9.64 Å². The first kappa shape index (κ1) is 14.5. The molecule has 1 aliphatic carbocycles. The van der Waals surface area contributed by atoms with Gasteiger partial charge in [0.25, 0.3) is 0 Å². The van der Waals surface area contributed by atoms with E-state index in [4.69, 9.17) is 4.74 Å². The number of amides is 1. The van der Waals surface area contributed by atoms with Crippen LogP contribution in [-0.4, -0.2) is 25.2 Å². The standard InChI is InChI=1S/C17H22FNO2/c18-15-7-3-4-8-16(15)19(14-5-1-2-6-14)17(20)11-13-9-10-21-12-13/h3-4,7-8,13-14H,1-2,5-6,9-12H2. The van der Waals surface area contributed by atoms with Gasteiger partial charge in [0, 0.05) is 25.7 Å². The van der Waals surface area contributed by atoms with Crippen molar-refractivity contribution in [3.63, 3.8) is 0 Å². The predicted molar refractivity (Wildman–Crippen MR) is 79.7 cm³/mol. The van der Waals surface area contributed by atoms with Gasteiger partial charge in [-0.05, 0) is 37.3 Å². The summed E-state index contributed by atoms with van der Waals surface area (Å²) in [5, 5.41) is 0. The maximum absolute atomic E-state index is 14.1. The van der Waals surface area contributed by atoms with Gasteiger partial charge in [0.1, 0.15) is 5.82 Å². The first-order chi connectivity index (χ1) is 10.3. The van der Waals surface area contributed by atoms with Crippen molar-refractivity contribution in [1.82, 2.24) is 0 Å². The molecule has 1 aliphatic heterocycles. The lowest BCUT2D eigenvalue weighted by Gasteiger charge is -2.30. The fourth-order valence-electron chi connectivity index (χ4n) is 3.43. The van der Waals surface area contributed by atoms with Gasteiger partial charge in [0.05, 0.1) is 5.69 Å². The molecule has 0 aromatic heterocycles. The minimum absolute atomic E-state index is 0.0440. The summed E-state index contributed by atoms with van der Waals surface area (Å²) in [7, 11) is 0. The van der Waals surface area contributed by atoms with Crippen LogP contribution in [0.25, 0.3) is 0 Å². The van der Waals surface area contributed by atoms with Crippen molar-refractivity contribution in [3.05, 3.63) is 30.1 Å². The third kappa shape index (κ3) is 3.26. The summed E-state index contributed by atoms with van der Waals surface area (Å²) in [4.78, 5) is 14.5. The maximum atomic E-state index is 14.1. The second-order valence-corrected chi connectivity index (χ2v) is 6.09. The number of ether oxygens (including phenoxy) is 1. The SMILES string of the molecule is O=C(CC1CCOC1)N(c1ccccc1F)C1CCCC1. The highest BCUT2D eigenvalue weighted by molar-refractivity contribution is 5.94. The average molecular weight is 291 g/mol. The molecule has 21 heavy (non-hydrogen) atoms. The van der Waals surface area contributed by atoms with Gasteiger partial charge in [0.15, 0.2) is 0 Å². The summed E-state index contributed by atoms with van der Waals surface area (Å²) in [6.07, 6.45) is 5.58. The van der Waals surface area contributed by atoms with E-state index in [0.717, 1.165) is 38.7 Å². The molecule has 0 spiro atoms. The Morgan fingerprint density at radius 2 is 2.00 bits per heavy atom. The zero-order valence-electron chi connectivity index (χ0n) is 12.3. The van der Waals surface area contributed by atoms with Crippen LogP contribution in [0.1, 0.15) is 38.5 Å². The number of nitrogens with zero attached hydrogens (tertiary/aromatic N) is 1. The summed E-state index contributed by atoms with van der Waals surface area (Å²) >= 11 is 0. The Kier molecular flexibility index (Phi) is 4.54. The summed E-state index contributed by atoms with van der Waals surface area (Å²) < 4.78 is 19.5. The average Bonchev–Trinajstić information content (AvgIpc) is 3.15. The second-order valence-electron chi connectivity index (χ2n) is 6.09. The van der Waals surface area contributed by atoms with Crippen LogP contribution in [0.2, 0.25) is 0 Å². The van der Waals surface area contributed by atoms with Crippen molar-refractivity contribution >= 4 is 11.6 Å². The lowest BCUT2D eigenvalue weighted by atomic mass is 10.0. The molecule has 3 rings (SSSR count). The van der Waals surface area contributed by atoms with Crippen molar-refractivity contribution in [2.24, 2.45) is 5.92 Å². The molecule has 0 radical (unpaired) electrons. The fraction of sp³-hybridized carbons (Fsp3) is 0.588. The molecule has 0 bridgehead atoms. The molecule has 2 aliphatic rings. The third-order valence-electron chi connectivity index (χ3n) is 4.56. The maximum Gasteiger partial charge on any atom is 0.227 e. The van der Waals surface area contributed by atoms with Crippen LogP contribution in [0.5, 0.6) is 0 Å². The topological polar surface area (TPSA) is 29.5 Å². The minimum Gasteiger partial charge on any atom is -0.381 e. The summed E-state index contributed by atoms with van der Waals surface area (Å²) in [5.41, 5.74) is 0.438. The number of rotatable bonds is 4. The quantitative estimate of drug-likeness (QED) is 0.849. The van der Waals surface area contributed by atoms with Gasteiger partial charge >= 0.3 is 0 Å². The third-order valence-corrected chi connectivity index (χ3v) is 4.56. The smallest absolute Gasteiger partial charge is 0.227 e. The number of halogens is 1. The first-order valence-corrected chi connectivity index (χ1v) is 7.90. The summed E-state index contributed by atoms with van der Waals surface area (Å²) in [5.74, 6) is 0.0242. The molecule has 114 valence electrons. The van der Waals surface area contributed by atoms with Crippen LogP contribution < -0.4 is 4.90 Å². The largest absolute Gasteiger partial charge is 0.381 e. The molecule has 1 atom stereocenters. The van der Waals surface area contributed by atoms with Gasteiger partial charge in [-0.25, -0.2) is 4.39 Å². The van der Waals surface area contributed by atoms with E-state index in [0.29, 0.717) is 18.7 Å². The van der Waals surface area contributed by atoms with Crippen molar-refractivity contribution in [1.29, 1.82) is 0 Å². The number of benzene rings is 1. The van der Waals surface area contributed by atoms with Gasteiger partial charge in [-0.2, -0.15) is 0 Å². The lowest BCUT2D eigenvalue weighted by molar-refractivity contribution is -0.120. The Labute approximate surface area is 125 Å². The van der Waals surface area contributed by atoms with Crippen LogP contribution in [0, 0.1) is 11.7 Å². The van der Waals surface area contributed by atoms with E-state index >= 15 is 0 Å². The highest BCUT2D eigenvalue weighted by Crippen LogP contribution is 2.31. The zero-order valence-corrected chi connectivity index (χ0v) is 12.3. The minimum atomic E-state index is -0.305. The van der Waals surface area contributed by atoms with Crippen molar-refractivity contribution in [2.75, 3.05) is 18.1 Å². The summed E-state index contributed by atoms with van der Waals surface area (Å²) in [6.45, 7) is 1.39. The monoisotopic (exact) mass is 291 g/mol. The molecule has 1 heterocycles. The molecule has 1 saturated heterocycles. The second kappa shape index (κ2) is 6.56. The van der Waals surface area contributed by atoms with Gasteiger partial charge in [-0.1, -0.05) is 25.0 Å². The van der Waals surface area contributed by atoms with Crippen LogP contribution in [0.4, 0.5) is 10.1 Å². The molecule has 1 aromatic rings. The fourth-order valence-corrected chi connectivity index (χ4v) is 3.43. The number of hydrogen-bond acceptors (Lipinski definition) is 2. The molecule has 1 amide bonds. The zero-order chi connectivity index (χ0) is 14.7. The molecular weight excluding hydrogens is 269 g/mol. The molecule has 4 heteroatoms. The Morgan fingerprint density at radius 3 is 2.67 bits per heavy atom. The van der Waals surface area contributed by atoms with E-state index in [1.54, 1.807) is 23.1 Å². The number of anilines is 1. The normalized spacial score (nSPS) is 22.6. The van der Waals surface area contributed by atoms with Gasteiger partial charge in [-0.15, -0.1) is 0 Å². The van der Waals surface area contributed by atoms with Crippen LogP contribution in [0.3, 0.4) is 0 Å². The van der Waals surface area contributed by atoms with E-state index in [1.807, 2.05) is 0 Å². The lowest BCUT2D eigenvalue weighted by Crippen LogP contribution is -2.40. The van der Waals surface area contributed by atoms with E-state index in [9.17, 15) is 9.18 Å². The molecule has 2 fully saturated rings. The van der Waals surface area contributed by atoms with Crippen LogP contribution in [-0.2, 0) is 9.53 Å². The van der Waals surface area contributed by atoms with Crippen molar-refractivity contribution in [3.8, 4) is 0 Å². The number of para-hydroxylation sites is 1. The van der Waals surface area contributed by atoms with Crippen molar-refractivity contribution < 1.29 is 13.9 Å². The Balaban J connectivity index is 1.81. The van der Waals surface area contributed by atoms with E-state index in [2.05, 4.69) is 0 Å². The Hall–Kier alpha value is -1.42. The summed E-state index contributed by atoms with van der Waals surface area (Å²) in [6, 6.07) is 6.77. The Bertz CT molecular complexity index is 493. The number of carbonyl (C=O) groups is 1. The molecular formula is C17H22FNO2. The molecule has 3 nitrogen and oxygen atoms in total. The van der Waals surface area contributed by atoms with E-state index < -0.39 is 0 Å². The predicted octanol–water partition coefficient (Wildman–Crippen LogP) is 3.53. The van der Waals surface area contributed by atoms with E-state index in [1.165, 1.54) is 6.07 Å². The van der Waals surface area contributed by atoms with E-state index in [-0.39, 0.29) is 23.7 Å². The van der Waals surface area contributed by atoms with Gasteiger partial charge in [-0.3, -0.25) is 4.79 Å². The van der Waals surface area contributed by atoms with Crippen LogP contribution >= 0.6 is 0 Å². The Morgan fingerprint density at radius 1 is 1.24 bits per heavy atom. The number of carbonyl (C=O) groups excluding carboxylic acids is 1.